The van der Waals surface area contributed by atoms with Gasteiger partial charge in [0.05, 0.1) is 13.2 Å². The summed E-state index contributed by atoms with van der Waals surface area (Å²) in [6.07, 6.45) is 0.993. The van der Waals surface area contributed by atoms with E-state index in [0.717, 1.165) is 13.0 Å². The van der Waals surface area contributed by atoms with E-state index in [9.17, 15) is 5.11 Å². The van der Waals surface area contributed by atoms with Gasteiger partial charge < -0.3 is 9.84 Å². The summed E-state index contributed by atoms with van der Waals surface area (Å²) in [6.45, 7) is 10.5. The summed E-state index contributed by atoms with van der Waals surface area (Å²) in [5.41, 5.74) is 0.109. The zero-order chi connectivity index (χ0) is 10.1. The van der Waals surface area contributed by atoms with Crippen molar-refractivity contribution in [3.63, 3.8) is 0 Å². The summed E-state index contributed by atoms with van der Waals surface area (Å²) in [7, 11) is 0. The molecular formula is C10H21NO2. The molecule has 0 radical (unpaired) electrons. The normalized spacial score (nSPS) is 33.0. The minimum Gasteiger partial charge on any atom is -0.365 e. The van der Waals surface area contributed by atoms with Crippen LogP contribution in [0, 0.1) is 0 Å². The van der Waals surface area contributed by atoms with Crippen LogP contribution in [0.5, 0.6) is 0 Å². The molecule has 3 heteroatoms. The van der Waals surface area contributed by atoms with E-state index in [1.807, 2.05) is 0 Å². The predicted molar refractivity (Wildman–Crippen MR) is 52.5 cm³/mol. The molecule has 0 amide bonds. The van der Waals surface area contributed by atoms with Gasteiger partial charge in [0.15, 0.2) is 5.79 Å². The lowest BCUT2D eigenvalue weighted by Crippen LogP contribution is -2.49. The summed E-state index contributed by atoms with van der Waals surface area (Å²) in [4.78, 5) is 2.26. The monoisotopic (exact) mass is 187 g/mol. The quantitative estimate of drug-likeness (QED) is 0.619. The molecule has 0 aromatic rings. The zero-order valence-corrected chi connectivity index (χ0v) is 9.13. The summed E-state index contributed by atoms with van der Waals surface area (Å²) in [6, 6.07) is 0. The number of hydrogen-bond donors (Lipinski definition) is 1. The van der Waals surface area contributed by atoms with Gasteiger partial charge in [-0.3, -0.25) is 4.90 Å². The van der Waals surface area contributed by atoms with Crippen molar-refractivity contribution in [2.45, 2.75) is 45.4 Å². The number of hydrogen-bond acceptors (Lipinski definition) is 3. The number of ether oxygens (including phenoxy) is 1. The van der Waals surface area contributed by atoms with Crippen LogP contribution in [0.4, 0.5) is 0 Å². The second-order valence-corrected chi connectivity index (χ2v) is 4.97. The average molecular weight is 187 g/mol. The fraction of sp³-hybridized carbons (Fsp3) is 1.00. The Labute approximate surface area is 80.7 Å². The van der Waals surface area contributed by atoms with E-state index in [1.54, 1.807) is 6.92 Å². The summed E-state index contributed by atoms with van der Waals surface area (Å²) >= 11 is 0. The zero-order valence-electron chi connectivity index (χ0n) is 9.13. The van der Waals surface area contributed by atoms with Crippen molar-refractivity contribution in [2.75, 3.05) is 19.7 Å². The molecule has 0 aliphatic carbocycles. The lowest BCUT2D eigenvalue weighted by molar-refractivity contribution is -0.193. The van der Waals surface area contributed by atoms with Crippen LogP contribution in [-0.2, 0) is 4.74 Å². The second kappa shape index (κ2) is 3.56. The highest BCUT2D eigenvalue weighted by Crippen LogP contribution is 2.21. The van der Waals surface area contributed by atoms with Gasteiger partial charge in [0.25, 0.3) is 0 Å². The van der Waals surface area contributed by atoms with Crippen LogP contribution < -0.4 is 0 Å². The smallest absolute Gasteiger partial charge is 0.175 e. The molecule has 1 saturated heterocycles. The van der Waals surface area contributed by atoms with Gasteiger partial charge in [-0.25, -0.2) is 0 Å². The topological polar surface area (TPSA) is 32.7 Å². The van der Waals surface area contributed by atoms with E-state index in [4.69, 9.17) is 4.74 Å². The Balaban J connectivity index is 2.65. The molecule has 0 saturated carbocycles. The Hall–Kier alpha value is -0.120. The van der Waals surface area contributed by atoms with Gasteiger partial charge >= 0.3 is 0 Å². The van der Waals surface area contributed by atoms with Crippen LogP contribution >= 0.6 is 0 Å². The molecule has 3 nitrogen and oxygen atoms in total. The van der Waals surface area contributed by atoms with E-state index in [1.165, 1.54) is 0 Å². The molecule has 13 heavy (non-hydrogen) atoms. The number of nitrogens with zero attached hydrogens (tertiary/aromatic N) is 1. The highest BCUT2D eigenvalue weighted by atomic mass is 16.6. The molecule has 1 aliphatic rings. The summed E-state index contributed by atoms with van der Waals surface area (Å²) in [5.74, 6) is -0.982. The van der Waals surface area contributed by atoms with Gasteiger partial charge in [0, 0.05) is 12.1 Å². The van der Waals surface area contributed by atoms with Crippen molar-refractivity contribution < 1.29 is 9.84 Å². The molecule has 0 bridgehead atoms. The summed E-state index contributed by atoms with van der Waals surface area (Å²) < 4.78 is 5.33. The number of aliphatic hydroxyl groups is 1. The standard InChI is InChI=1S/C10H21NO2/c1-9(2,3)11-6-5-7-13-10(4,12)8-11/h12H,5-8H2,1-4H3/t10-/m0/s1. The van der Waals surface area contributed by atoms with Crippen molar-refractivity contribution in [3.05, 3.63) is 0 Å². The number of β-amino-alcohol motifs (C(OH)–C–C–N with tert-alkyl or cyclic N) is 1. The van der Waals surface area contributed by atoms with Crippen molar-refractivity contribution in [1.82, 2.24) is 4.90 Å². The first-order valence-corrected chi connectivity index (χ1v) is 4.93. The van der Waals surface area contributed by atoms with Crippen molar-refractivity contribution in [1.29, 1.82) is 0 Å². The fourth-order valence-electron chi connectivity index (χ4n) is 1.60. The van der Waals surface area contributed by atoms with Crippen LogP contribution in [0.2, 0.25) is 0 Å². The van der Waals surface area contributed by atoms with Gasteiger partial charge in [-0.1, -0.05) is 0 Å². The van der Waals surface area contributed by atoms with Crippen LogP contribution in [0.15, 0.2) is 0 Å². The molecule has 1 aliphatic heterocycles. The van der Waals surface area contributed by atoms with E-state index < -0.39 is 5.79 Å². The highest BCUT2D eigenvalue weighted by Gasteiger charge is 2.32. The lowest BCUT2D eigenvalue weighted by atomic mass is 10.0. The Bertz CT molecular complexity index is 172. The first-order valence-electron chi connectivity index (χ1n) is 4.93. The van der Waals surface area contributed by atoms with Gasteiger partial charge in [0.2, 0.25) is 0 Å². The van der Waals surface area contributed by atoms with E-state index >= 15 is 0 Å². The maximum atomic E-state index is 9.82. The molecule has 0 aromatic carbocycles. The van der Waals surface area contributed by atoms with Crippen LogP contribution in [-0.4, -0.2) is 41.0 Å². The summed E-state index contributed by atoms with van der Waals surface area (Å²) in [5, 5.41) is 9.82. The fourth-order valence-corrected chi connectivity index (χ4v) is 1.60. The van der Waals surface area contributed by atoms with Crippen molar-refractivity contribution in [3.8, 4) is 0 Å². The molecule has 78 valence electrons. The Kier molecular flexibility index (Phi) is 3.00. The number of rotatable bonds is 0. The molecule has 0 unspecified atom stereocenters. The molecule has 1 N–H and O–H groups in total. The minimum absolute atomic E-state index is 0.109. The molecule has 0 spiro atoms. The Morgan fingerprint density at radius 2 is 2.00 bits per heavy atom. The largest absolute Gasteiger partial charge is 0.365 e. The molecule has 1 atom stereocenters. The Morgan fingerprint density at radius 1 is 1.38 bits per heavy atom. The van der Waals surface area contributed by atoms with E-state index in [2.05, 4.69) is 25.7 Å². The van der Waals surface area contributed by atoms with Crippen LogP contribution in [0.25, 0.3) is 0 Å². The van der Waals surface area contributed by atoms with Crippen LogP contribution in [0.3, 0.4) is 0 Å². The maximum Gasteiger partial charge on any atom is 0.175 e. The first-order chi connectivity index (χ1) is 5.81. The van der Waals surface area contributed by atoms with Gasteiger partial charge in [-0.2, -0.15) is 0 Å². The van der Waals surface area contributed by atoms with Crippen molar-refractivity contribution in [2.24, 2.45) is 0 Å². The third kappa shape index (κ3) is 3.25. The second-order valence-electron chi connectivity index (χ2n) is 4.97. The SMILES string of the molecule is CC(C)(C)N1CCCO[C@](C)(O)C1. The van der Waals surface area contributed by atoms with E-state index in [-0.39, 0.29) is 5.54 Å². The molecule has 1 heterocycles. The first kappa shape index (κ1) is 11.0. The van der Waals surface area contributed by atoms with Gasteiger partial charge in [-0.15, -0.1) is 0 Å². The van der Waals surface area contributed by atoms with Gasteiger partial charge in [0.1, 0.15) is 0 Å². The minimum atomic E-state index is -0.982. The predicted octanol–water partition coefficient (Wildman–Crippen LogP) is 1.22. The molecule has 1 rings (SSSR count). The highest BCUT2D eigenvalue weighted by molar-refractivity contribution is 4.81. The molecular weight excluding hydrogens is 166 g/mol. The maximum absolute atomic E-state index is 9.82. The third-order valence-corrected chi connectivity index (χ3v) is 2.42. The molecule has 1 fully saturated rings. The third-order valence-electron chi connectivity index (χ3n) is 2.42. The van der Waals surface area contributed by atoms with E-state index in [0.29, 0.717) is 13.2 Å². The Morgan fingerprint density at radius 3 is 2.54 bits per heavy atom. The van der Waals surface area contributed by atoms with Gasteiger partial charge in [-0.05, 0) is 34.1 Å². The molecule has 0 aromatic heterocycles. The van der Waals surface area contributed by atoms with Crippen LogP contribution in [0.1, 0.15) is 34.1 Å². The lowest BCUT2D eigenvalue weighted by Gasteiger charge is -2.37. The van der Waals surface area contributed by atoms with Crippen molar-refractivity contribution >= 4 is 0 Å². The average Bonchev–Trinajstić information content (AvgIpc) is 2.08.